The minimum absolute atomic E-state index is 0.0663. The zero-order valence-electron chi connectivity index (χ0n) is 13.6. The number of carbonyl (C=O) groups excluding carboxylic acids is 2. The second kappa shape index (κ2) is 6.39. The van der Waals surface area contributed by atoms with E-state index < -0.39 is 5.54 Å². The number of amides is 2. The van der Waals surface area contributed by atoms with E-state index in [1.807, 2.05) is 19.0 Å². The van der Waals surface area contributed by atoms with Crippen LogP contribution in [0.15, 0.2) is 18.6 Å². The Bertz CT molecular complexity index is 546. The largest absolute Gasteiger partial charge is 0.346 e. The molecule has 1 saturated heterocycles. The van der Waals surface area contributed by atoms with Crippen LogP contribution in [0.25, 0.3) is 0 Å². The molecular weight excluding hydrogens is 282 g/mol. The maximum atomic E-state index is 12.9. The number of hydrogen-bond acceptors (Lipinski definition) is 5. The molecule has 0 N–H and O–H groups in total. The highest BCUT2D eigenvalue weighted by Gasteiger charge is 2.52. The first-order valence-corrected chi connectivity index (χ1v) is 7.33. The van der Waals surface area contributed by atoms with Gasteiger partial charge in [0.25, 0.3) is 5.91 Å². The molecule has 120 valence electrons. The molecule has 0 radical (unpaired) electrons. The number of likely N-dealkylation sites (N-methyl/N-ethyl adjacent to an activating group) is 2. The Balaban J connectivity index is 2.48. The third kappa shape index (κ3) is 2.81. The van der Waals surface area contributed by atoms with E-state index in [1.54, 1.807) is 37.6 Å². The number of aromatic nitrogens is 2. The summed E-state index contributed by atoms with van der Waals surface area (Å²) in [5.41, 5.74) is -0.497. The van der Waals surface area contributed by atoms with Gasteiger partial charge in [-0.05, 0) is 26.9 Å². The summed E-state index contributed by atoms with van der Waals surface area (Å²) in [7, 11) is 7.08. The topological polar surface area (TPSA) is 69.6 Å². The highest BCUT2D eigenvalue weighted by atomic mass is 16.2. The van der Waals surface area contributed by atoms with Crippen LogP contribution in [0.1, 0.15) is 18.5 Å². The molecule has 7 nitrogen and oxygen atoms in total. The molecule has 1 aliphatic heterocycles. The van der Waals surface area contributed by atoms with Gasteiger partial charge < -0.3 is 14.7 Å². The highest BCUT2D eigenvalue weighted by molar-refractivity contribution is 5.93. The van der Waals surface area contributed by atoms with E-state index in [4.69, 9.17) is 0 Å². The van der Waals surface area contributed by atoms with Crippen molar-refractivity contribution in [2.75, 3.05) is 41.3 Å². The SMILES string of the molecule is CN(C)CC(=O)N1CCC[C@@]1(C(=O)N(C)C)c1cnccn1. The van der Waals surface area contributed by atoms with Gasteiger partial charge in [0.2, 0.25) is 5.91 Å². The van der Waals surface area contributed by atoms with E-state index in [0.717, 1.165) is 6.42 Å². The fourth-order valence-electron chi connectivity index (χ4n) is 2.99. The first kappa shape index (κ1) is 16.4. The lowest BCUT2D eigenvalue weighted by molar-refractivity contribution is -0.151. The molecule has 0 bridgehead atoms. The van der Waals surface area contributed by atoms with Gasteiger partial charge in [0, 0.05) is 33.0 Å². The van der Waals surface area contributed by atoms with Crippen molar-refractivity contribution in [1.29, 1.82) is 0 Å². The Morgan fingerprint density at radius 1 is 1.27 bits per heavy atom. The molecule has 0 aliphatic carbocycles. The molecule has 0 aromatic carbocycles. The smallest absolute Gasteiger partial charge is 0.254 e. The van der Waals surface area contributed by atoms with Crippen LogP contribution in [0.4, 0.5) is 0 Å². The summed E-state index contributed by atoms with van der Waals surface area (Å²) in [5.74, 6) is -0.194. The summed E-state index contributed by atoms with van der Waals surface area (Å²) in [6.07, 6.45) is 6.06. The fraction of sp³-hybridized carbons (Fsp3) is 0.600. The number of hydrogen-bond donors (Lipinski definition) is 0. The minimum atomic E-state index is -1.04. The van der Waals surface area contributed by atoms with Gasteiger partial charge in [0.1, 0.15) is 0 Å². The monoisotopic (exact) mass is 305 g/mol. The molecule has 0 spiro atoms. The summed E-state index contributed by atoms with van der Waals surface area (Å²) >= 11 is 0. The maximum absolute atomic E-state index is 12.9. The third-order valence-electron chi connectivity index (χ3n) is 3.88. The molecule has 22 heavy (non-hydrogen) atoms. The van der Waals surface area contributed by atoms with Crippen LogP contribution in [-0.2, 0) is 15.1 Å². The Morgan fingerprint density at radius 2 is 2.00 bits per heavy atom. The molecule has 2 heterocycles. The molecule has 1 fully saturated rings. The second-order valence-electron chi connectivity index (χ2n) is 6.04. The summed E-state index contributed by atoms with van der Waals surface area (Å²) < 4.78 is 0. The first-order valence-electron chi connectivity index (χ1n) is 7.33. The maximum Gasteiger partial charge on any atom is 0.254 e. The second-order valence-corrected chi connectivity index (χ2v) is 6.04. The van der Waals surface area contributed by atoms with Crippen molar-refractivity contribution in [2.45, 2.75) is 18.4 Å². The van der Waals surface area contributed by atoms with Crippen molar-refractivity contribution < 1.29 is 9.59 Å². The van der Waals surface area contributed by atoms with Gasteiger partial charge in [-0.2, -0.15) is 0 Å². The van der Waals surface area contributed by atoms with Crippen LogP contribution in [0.3, 0.4) is 0 Å². The molecule has 0 unspecified atom stereocenters. The lowest BCUT2D eigenvalue weighted by atomic mass is 9.90. The summed E-state index contributed by atoms with van der Waals surface area (Å²) in [5, 5.41) is 0. The molecule has 0 saturated carbocycles. The van der Waals surface area contributed by atoms with E-state index in [2.05, 4.69) is 9.97 Å². The van der Waals surface area contributed by atoms with E-state index in [9.17, 15) is 9.59 Å². The number of rotatable bonds is 4. The normalized spacial score (nSPS) is 21.2. The lowest BCUT2D eigenvalue weighted by Gasteiger charge is -2.38. The summed E-state index contributed by atoms with van der Waals surface area (Å²) in [6, 6.07) is 0. The molecular formula is C15H23N5O2. The minimum Gasteiger partial charge on any atom is -0.346 e. The van der Waals surface area contributed by atoms with E-state index in [0.29, 0.717) is 18.7 Å². The van der Waals surface area contributed by atoms with E-state index in [-0.39, 0.29) is 18.4 Å². The molecule has 2 amide bonds. The lowest BCUT2D eigenvalue weighted by Crippen LogP contribution is -2.56. The van der Waals surface area contributed by atoms with Crippen LogP contribution >= 0.6 is 0 Å². The van der Waals surface area contributed by atoms with Crippen molar-refractivity contribution in [3.63, 3.8) is 0 Å². The zero-order chi connectivity index (χ0) is 16.3. The first-order chi connectivity index (χ1) is 10.4. The predicted octanol–water partition coefficient (Wildman–Crippen LogP) is -0.0559. The number of likely N-dealkylation sites (tertiary alicyclic amines) is 1. The van der Waals surface area contributed by atoms with Crippen LogP contribution in [-0.4, -0.2) is 77.8 Å². The zero-order valence-corrected chi connectivity index (χ0v) is 13.6. The van der Waals surface area contributed by atoms with Crippen molar-refractivity contribution in [3.8, 4) is 0 Å². The third-order valence-corrected chi connectivity index (χ3v) is 3.88. The van der Waals surface area contributed by atoms with E-state index >= 15 is 0 Å². The fourth-order valence-corrected chi connectivity index (χ4v) is 2.99. The molecule has 7 heteroatoms. The molecule has 1 aromatic rings. The van der Waals surface area contributed by atoms with Gasteiger partial charge in [-0.1, -0.05) is 0 Å². The molecule has 1 atom stereocenters. The average molecular weight is 305 g/mol. The van der Waals surface area contributed by atoms with Crippen molar-refractivity contribution in [2.24, 2.45) is 0 Å². The van der Waals surface area contributed by atoms with Crippen molar-refractivity contribution in [3.05, 3.63) is 24.3 Å². The van der Waals surface area contributed by atoms with Gasteiger partial charge in [-0.25, -0.2) is 0 Å². The molecule has 1 aliphatic rings. The van der Waals surface area contributed by atoms with E-state index in [1.165, 1.54) is 4.90 Å². The average Bonchev–Trinajstić information content (AvgIpc) is 2.92. The summed E-state index contributed by atoms with van der Waals surface area (Å²) in [4.78, 5) is 39.0. The van der Waals surface area contributed by atoms with Gasteiger partial charge in [0.05, 0.1) is 18.4 Å². The van der Waals surface area contributed by atoms with Crippen LogP contribution in [0.2, 0.25) is 0 Å². The Labute approximate surface area is 130 Å². The molecule has 1 aromatic heterocycles. The quantitative estimate of drug-likeness (QED) is 0.780. The van der Waals surface area contributed by atoms with Crippen molar-refractivity contribution in [1.82, 2.24) is 24.7 Å². The molecule has 2 rings (SSSR count). The predicted molar refractivity (Wildman–Crippen MR) is 81.9 cm³/mol. The Kier molecular flexibility index (Phi) is 4.75. The van der Waals surface area contributed by atoms with Gasteiger partial charge >= 0.3 is 0 Å². The van der Waals surface area contributed by atoms with Crippen LogP contribution in [0, 0.1) is 0 Å². The standard InChI is InChI=1S/C15H23N5O2/c1-18(2)11-13(21)20-9-5-6-15(20,14(22)19(3)4)12-10-16-7-8-17-12/h7-8,10H,5-6,9,11H2,1-4H3/t15-/m0/s1. The van der Waals surface area contributed by atoms with Crippen molar-refractivity contribution >= 4 is 11.8 Å². The Hall–Kier alpha value is -2.02. The summed E-state index contributed by atoms with van der Waals surface area (Å²) in [6.45, 7) is 0.825. The van der Waals surface area contributed by atoms with Gasteiger partial charge in [-0.15, -0.1) is 0 Å². The highest BCUT2D eigenvalue weighted by Crippen LogP contribution is 2.39. The van der Waals surface area contributed by atoms with Crippen LogP contribution in [0.5, 0.6) is 0 Å². The van der Waals surface area contributed by atoms with Gasteiger partial charge in [0.15, 0.2) is 5.54 Å². The van der Waals surface area contributed by atoms with Crippen LogP contribution < -0.4 is 0 Å². The number of nitrogens with zero attached hydrogens (tertiary/aromatic N) is 5. The van der Waals surface area contributed by atoms with Gasteiger partial charge in [-0.3, -0.25) is 19.6 Å². The number of carbonyl (C=O) groups is 2. The Morgan fingerprint density at radius 3 is 2.55 bits per heavy atom.